The van der Waals surface area contributed by atoms with Crippen LogP contribution in [-0.4, -0.2) is 59.2 Å². The molecule has 2 heterocycles. The van der Waals surface area contributed by atoms with Crippen molar-refractivity contribution in [1.29, 1.82) is 0 Å². The molecule has 0 radical (unpaired) electrons. The first-order valence-electron chi connectivity index (χ1n) is 9.62. The number of nitrogens with zero attached hydrogens (tertiary/aromatic N) is 4. The standard InChI is InChI=1S/C20H26N6O3S/c1-5-6-21-17-16-12-23-26(18(16)25-20(24-17)30-4)8-7-22-19(27)13-9-14(28-2)11-15(10-13)29-3/h9-12H,5-8H2,1-4H3,(H,22,27)(H,21,24,25). The van der Waals surface area contributed by atoms with E-state index < -0.39 is 0 Å². The normalized spacial score (nSPS) is 10.8. The van der Waals surface area contributed by atoms with Gasteiger partial charge in [0.1, 0.15) is 17.3 Å². The van der Waals surface area contributed by atoms with Gasteiger partial charge in [0.25, 0.3) is 5.91 Å². The van der Waals surface area contributed by atoms with Crippen LogP contribution in [0.2, 0.25) is 0 Å². The van der Waals surface area contributed by atoms with Crippen LogP contribution in [-0.2, 0) is 6.54 Å². The van der Waals surface area contributed by atoms with E-state index in [1.807, 2.05) is 6.26 Å². The number of aromatic nitrogens is 4. The van der Waals surface area contributed by atoms with Gasteiger partial charge in [-0.05, 0) is 24.8 Å². The molecule has 2 N–H and O–H groups in total. The molecule has 0 aliphatic carbocycles. The number of rotatable bonds is 10. The number of methoxy groups -OCH3 is 2. The number of nitrogens with one attached hydrogen (secondary N) is 2. The third-order valence-corrected chi connectivity index (χ3v) is 4.97. The van der Waals surface area contributed by atoms with Crippen LogP contribution in [0.3, 0.4) is 0 Å². The second kappa shape index (κ2) is 10.1. The van der Waals surface area contributed by atoms with Gasteiger partial charge in [-0.15, -0.1) is 0 Å². The molecule has 0 aliphatic rings. The van der Waals surface area contributed by atoms with E-state index in [-0.39, 0.29) is 5.91 Å². The summed E-state index contributed by atoms with van der Waals surface area (Å²) in [6, 6.07) is 5.06. The van der Waals surface area contributed by atoms with Crippen molar-refractivity contribution in [1.82, 2.24) is 25.1 Å². The molecule has 10 heteroatoms. The van der Waals surface area contributed by atoms with Crippen molar-refractivity contribution in [3.05, 3.63) is 30.0 Å². The summed E-state index contributed by atoms with van der Waals surface area (Å²) in [5, 5.41) is 12.2. The predicted octanol–water partition coefficient (Wildman–Crippen LogP) is 2.82. The lowest BCUT2D eigenvalue weighted by Crippen LogP contribution is -2.27. The fraction of sp³-hybridized carbons (Fsp3) is 0.400. The maximum atomic E-state index is 12.6. The Kier molecular flexibility index (Phi) is 7.34. The van der Waals surface area contributed by atoms with E-state index in [9.17, 15) is 4.79 Å². The number of fused-ring (bicyclic) bond motifs is 1. The van der Waals surface area contributed by atoms with Gasteiger partial charge in [0, 0.05) is 24.7 Å². The van der Waals surface area contributed by atoms with Gasteiger partial charge in [-0.25, -0.2) is 14.6 Å². The van der Waals surface area contributed by atoms with E-state index in [4.69, 9.17) is 9.47 Å². The Labute approximate surface area is 179 Å². The van der Waals surface area contributed by atoms with Crippen molar-refractivity contribution in [2.45, 2.75) is 25.0 Å². The number of thioether (sulfide) groups is 1. The molecule has 3 rings (SSSR count). The van der Waals surface area contributed by atoms with Gasteiger partial charge in [-0.3, -0.25) is 4.79 Å². The molecule has 30 heavy (non-hydrogen) atoms. The highest BCUT2D eigenvalue weighted by Crippen LogP contribution is 2.24. The Balaban J connectivity index is 1.72. The summed E-state index contributed by atoms with van der Waals surface area (Å²) in [6.07, 6.45) is 4.69. The molecule has 0 fully saturated rings. The zero-order valence-electron chi connectivity index (χ0n) is 17.6. The summed E-state index contributed by atoms with van der Waals surface area (Å²) in [6.45, 7) is 3.80. The molecule has 160 valence electrons. The number of hydrogen-bond donors (Lipinski definition) is 2. The lowest BCUT2D eigenvalue weighted by atomic mass is 10.2. The zero-order valence-corrected chi connectivity index (χ0v) is 18.4. The van der Waals surface area contributed by atoms with Crippen LogP contribution in [0.5, 0.6) is 11.5 Å². The van der Waals surface area contributed by atoms with Crippen molar-refractivity contribution in [2.24, 2.45) is 0 Å². The molecule has 9 nitrogen and oxygen atoms in total. The lowest BCUT2D eigenvalue weighted by molar-refractivity contribution is 0.0951. The molecule has 0 atom stereocenters. The summed E-state index contributed by atoms with van der Waals surface area (Å²) in [4.78, 5) is 21.7. The van der Waals surface area contributed by atoms with Gasteiger partial charge in [0.2, 0.25) is 0 Å². The van der Waals surface area contributed by atoms with Crippen LogP contribution < -0.4 is 20.1 Å². The maximum absolute atomic E-state index is 12.6. The van der Waals surface area contributed by atoms with Gasteiger partial charge < -0.3 is 20.1 Å². The number of amides is 1. The predicted molar refractivity (Wildman–Crippen MR) is 118 cm³/mol. The smallest absolute Gasteiger partial charge is 0.251 e. The van der Waals surface area contributed by atoms with Crippen LogP contribution in [0, 0.1) is 0 Å². The Morgan fingerprint density at radius 1 is 1.13 bits per heavy atom. The molecule has 3 aromatic rings. The van der Waals surface area contributed by atoms with E-state index in [0.717, 1.165) is 29.8 Å². The third-order valence-electron chi connectivity index (χ3n) is 4.42. The average molecular weight is 431 g/mol. The summed E-state index contributed by atoms with van der Waals surface area (Å²) in [5.74, 6) is 1.69. The SMILES string of the molecule is CCCNc1nc(SC)nc2c1cnn2CCNC(=O)c1cc(OC)cc(OC)c1. The fourth-order valence-corrected chi connectivity index (χ4v) is 3.24. The first-order valence-corrected chi connectivity index (χ1v) is 10.8. The molecule has 0 spiro atoms. The van der Waals surface area contributed by atoms with Crippen molar-refractivity contribution in [3.63, 3.8) is 0 Å². The molecule has 0 saturated heterocycles. The van der Waals surface area contributed by atoms with Crippen LogP contribution in [0.4, 0.5) is 5.82 Å². The van der Waals surface area contributed by atoms with E-state index in [1.165, 1.54) is 11.8 Å². The first-order chi connectivity index (χ1) is 14.6. The Morgan fingerprint density at radius 2 is 1.87 bits per heavy atom. The summed E-state index contributed by atoms with van der Waals surface area (Å²) >= 11 is 1.48. The van der Waals surface area contributed by atoms with Crippen molar-refractivity contribution in [2.75, 3.05) is 38.9 Å². The minimum absolute atomic E-state index is 0.214. The molecule has 0 aliphatic heterocycles. The minimum Gasteiger partial charge on any atom is -0.497 e. The van der Waals surface area contributed by atoms with E-state index >= 15 is 0 Å². The number of carbonyl (C=O) groups is 1. The van der Waals surface area contributed by atoms with Crippen LogP contribution in [0.25, 0.3) is 11.0 Å². The second-order valence-electron chi connectivity index (χ2n) is 6.45. The molecule has 0 bridgehead atoms. The number of benzene rings is 1. The number of ether oxygens (including phenoxy) is 2. The minimum atomic E-state index is -0.214. The highest BCUT2D eigenvalue weighted by Gasteiger charge is 2.14. The fourth-order valence-electron chi connectivity index (χ4n) is 2.88. The van der Waals surface area contributed by atoms with Crippen molar-refractivity contribution >= 4 is 34.5 Å². The monoisotopic (exact) mass is 430 g/mol. The molecule has 2 aromatic heterocycles. The highest BCUT2D eigenvalue weighted by molar-refractivity contribution is 7.98. The number of anilines is 1. The third kappa shape index (κ3) is 4.93. The van der Waals surface area contributed by atoms with Crippen molar-refractivity contribution in [3.8, 4) is 11.5 Å². The molecular weight excluding hydrogens is 404 g/mol. The molecular formula is C20H26N6O3S. The first kappa shape index (κ1) is 21.7. The van der Waals surface area contributed by atoms with Crippen LogP contribution in [0.1, 0.15) is 23.7 Å². The molecule has 0 saturated carbocycles. The van der Waals surface area contributed by atoms with Gasteiger partial charge in [-0.2, -0.15) is 5.10 Å². The number of hydrogen-bond acceptors (Lipinski definition) is 8. The largest absolute Gasteiger partial charge is 0.497 e. The van der Waals surface area contributed by atoms with Gasteiger partial charge in [0.05, 0.1) is 32.3 Å². The second-order valence-corrected chi connectivity index (χ2v) is 7.22. The summed E-state index contributed by atoms with van der Waals surface area (Å²) < 4.78 is 12.2. The molecule has 1 amide bonds. The summed E-state index contributed by atoms with van der Waals surface area (Å²) in [5.41, 5.74) is 1.21. The quantitative estimate of drug-likeness (QED) is 0.374. The molecule has 1 aromatic carbocycles. The van der Waals surface area contributed by atoms with Gasteiger partial charge >= 0.3 is 0 Å². The van der Waals surface area contributed by atoms with Gasteiger partial charge in [-0.1, -0.05) is 18.7 Å². The lowest BCUT2D eigenvalue weighted by Gasteiger charge is -2.10. The van der Waals surface area contributed by atoms with Crippen LogP contribution >= 0.6 is 11.8 Å². The van der Waals surface area contributed by atoms with E-state index in [2.05, 4.69) is 32.6 Å². The number of carbonyl (C=O) groups excluding carboxylic acids is 1. The van der Waals surface area contributed by atoms with Gasteiger partial charge in [0.15, 0.2) is 10.8 Å². The van der Waals surface area contributed by atoms with E-state index in [0.29, 0.717) is 35.3 Å². The Morgan fingerprint density at radius 3 is 2.50 bits per heavy atom. The van der Waals surface area contributed by atoms with Crippen molar-refractivity contribution < 1.29 is 14.3 Å². The molecule has 0 unspecified atom stereocenters. The van der Waals surface area contributed by atoms with Crippen LogP contribution in [0.15, 0.2) is 29.6 Å². The average Bonchev–Trinajstić information content (AvgIpc) is 3.19. The highest BCUT2D eigenvalue weighted by atomic mass is 32.2. The maximum Gasteiger partial charge on any atom is 0.251 e. The topological polar surface area (TPSA) is 103 Å². The summed E-state index contributed by atoms with van der Waals surface area (Å²) in [7, 11) is 3.10. The zero-order chi connectivity index (χ0) is 21.5. The Hall–Kier alpha value is -3.01. The Bertz CT molecular complexity index is 1000. The van der Waals surface area contributed by atoms with E-state index in [1.54, 1.807) is 43.3 Å².